The number of amides is 1. The fraction of sp³-hybridized carbons (Fsp3) is 0.316. The lowest BCUT2D eigenvalue weighted by Gasteiger charge is -2.28. The van der Waals surface area contributed by atoms with Gasteiger partial charge in [-0.25, -0.2) is 9.59 Å². The number of hydrogen-bond acceptors (Lipinski definition) is 4. The number of aromatic nitrogens is 1. The van der Waals surface area contributed by atoms with Gasteiger partial charge in [0, 0.05) is 23.5 Å². The van der Waals surface area contributed by atoms with Gasteiger partial charge in [-0.15, -0.1) is 0 Å². The van der Waals surface area contributed by atoms with Gasteiger partial charge >= 0.3 is 12.1 Å². The summed E-state index contributed by atoms with van der Waals surface area (Å²) in [6.07, 6.45) is 2.46. The molecule has 1 aliphatic carbocycles. The van der Waals surface area contributed by atoms with Crippen molar-refractivity contribution in [3.8, 4) is 0 Å². The molecule has 1 saturated carbocycles. The summed E-state index contributed by atoms with van der Waals surface area (Å²) >= 11 is 0. The number of carbonyl (C=O) groups excluding carboxylic acids is 1. The molecule has 0 bridgehead atoms. The maximum absolute atomic E-state index is 12.6. The van der Waals surface area contributed by atoms with E-state index in [-0.39, 0.29) is 12.6 Å². The molecule has 0 radical (unpaired) electrons. The highest BCUT2D eigenvalue weighted by atomic mass is 16.6. The van der Waals surface area contributed by atoms with Crippen LogP contribution in [-0.4, -0.2) is 33.1 Å². The quantitative estimate of drug-likeness (QED) is 0.872. The maximum Gasteiger partial charge on any atom is 0.411 e. The average molecular weight is 340 g/mol. The molecule has 1 N–H and O–H groups in total. The molecule has 1 atom stereocenters. The van der Waals surface area contributed by atoms with E-state index in [1.807, 2.05) is 37.3 Å². The van der Waals surface area contributed by atoms with Gasteiger partial charge in [0.2, 0.25) is 0 Å². The van der Waals surface area contributed by atoms with Gasteiger partial charge in [0.1, 0.15) is 6.61 Å². The average Bonchev–Trinajstić information content (AvgIpc) is 3.44. The standard InChI is InChI=1S/C19H20N2O4/c1-13-7-8-15(11-20-13)17(18(22)23)21(16-9-10-16)19(24)25-12-14-5-3-2-4-6-14/h2-8,11,16-17H,9-10,12H2,1H3,(H,22,23). The first kappa shape index (κ1) is 17.0. The van der Waals surface area contributed by atoms with E-state index in [0.29, 0.717) is 5.56 Å². The van der Waals surface area contributed by atoms with Crippen LogP contribution in [0.15, 0.2) is 48.7 Å². The number of aryl methyl sites for hydroxylation is 1. The van der Waals surface area contributed by atoms with Crippen LogP contribution in [0.5, 0.6) is 0 Å². The van der Waals surface area contributed by atoms with E-state index in [1.165, 1.54) is 11.1 Å². The van der Waals surface area contributed by atoms with Gasteiger partial charge in [-0.1, -0.05) is 36.4 Å². The molecular weight excluding hydrogens is 320 g/mol. The third-order valence-corrected chi connectivity index (χ3v) is 4.12. The molecule has 25 heavy (non-hydrogen) atoms. The van der Waals surface area contributed by atoms with Gasteiger partial charge < -0.3 is 9.84 Å². The predicted molar refractivity (Wildman–Crippen MR) is 90.8 cm³/mol. The number of rotatable bonds is 6. The molecule has 1 aromatic heterocycles. The van der Waals surface area contributed by atoms with Crippen LogP contribution in [0.2, 0.25) is 0 Å². The van der Waals surface area contributed by atoms with Crippen LogP contribution in [-0.2, 0) is 16.1 Å². The van der Waals surface area contributed by atoms with Crippen molar-refractivity contribution in [3.05, 3.63) is 65.5 Å². The summed E-state index contributed by atoms with van der Waals surface area (Å²) in [5.74, 6) is -1.09. The van der Waals surface area contributed by atoms with E-state index in [4.69, 9.17) is 4.74 Å². The molecule has 2 aromatic rings. The molecule has 0 saturated heterocycles. The molecule has 6 heteroatoms. The minimum absolute atomic E-state index is 0.106. The third-order valence-electron chi connectivity index (χ3n) is 4.12. The summed E-state index contributed by atoms with van der Waals surface area (Å²) in [6, 6.07) is 11.6. The lowest BCUT2D eigenvalue weighted by molar-refractivity contribution is -0.143. The lowest BCUT2D eigenvalue weighted by atomic mass is 10.1. The summed E-state index contributed by atoms with van der Waals surface area (Å²) in [5, 5.41) is 9.70. The first-order chi connectivity index (χ1) is 12.1. The Hall–Kier alpha value is -2.89. The van der Waals surface area contributed by atoms with E-state index in [1.54, 1.807) is 12.1 Å². The van der Waals surface area contributed by atoms with Crippen molar-refractivity contribution in [3.63, 3.8) is 0 Å². The summed E-state index contributed by atoms with van der Waals surface area (Å²) in [5.41, 5.74) is 2.12. The Morgan fingerprint density at radius 3 is 2.52 bits per heavy atom. The lowest BCUT2D eigenvalue weighted by Crippen LogP contribution is -2.41. The second kappa shape index (κ2) is 7.34. The number of aliphatic carboxylic acids is 1. The van der Waals surface area contributed by atoms with Gasteiger partial charge in [-0.05, 0) is 31.4 Å². The first-order valence-corrected chi connectivity index (χ1v) is 8.20. The number of carboxylic acid groups (broad SMARTS) is 1. The highest BCUT2D eigenvalue weighted by Gasteiger charge is 2.42. The number of pyridine rings is 1. The normalized spacial score (nSPS) is 14.6. The highest BCUT2D eigenvalue weighted by molar-refractivity contribution is 5.82. The van der Waals surface area contributed by atoms with Gasteiger partial charge in [0.15, 0.2) is 6.04 Å². The van der Waals surface area contributed by atoms with Crippen molar-refractivity contribution in [2.75, 3.05) is 0 Å². The van der Waals surface area contributed by atoms with Crippen molar-refractivity contribution in [1.82, 2.24) is 9.88 Å². The number of carbonyl (C=O) groups is 2. The fourth-order valence-electron chi connectivity index (χ4n) is 2.68. The Morgan fingerprint density at radius 2 is 1.96 bits per heavy atom. The van der Waals surface area contributed by atoms with Gasteiger partial charge in [0.05, 0.1) is 0 Å². The topological polar surface area (TPSA) is 79.7 Å². The van der Waals surface area contributed by atoms with Crippen LogP contribution in [0, 0.1) is 6.92 Å². The molecular formula is C19H20N2O4. The minimum Gasteiger partial charge on any atom is -0.479 e. The van der Waals surface area contributed by atoms with Gasteiger partial charge in [0.25, 0.3) is 0 Å². The summed E-state index contributed by atoms with van der Waals surface area (Å²) in [4.78, 5) is 30.0. The Morgan fingerprint density at radius 1 is 1.24 bits per heavy atom. The molecule has 1 aliphatic rings. The monoisotopic (exact) mass is 340 g/mol. The Kier molecular flexibility index (Phi) is 4.97. The molecule has 1 amide bonds. The zero-order valence-electron chi connectivity index (χ0n) is 14.0. The van der Waals surface area contributed by atoms with E-state index < -0.39 is 18.1 Å². The minimum atomic E-state index is -1.09. The molecule has 0 aliphatic heterocycles. The second-order valence-electron chi connectivity index (χ2n) is 6.15. The zero-order valence-corrected chi connectivity index (χ0v) is 14.0. The second-order valence-corrected chi connectivity index (χ2v) is 6.15. The number of nitrogens with zero attached hydrogens (tertiary/aromatic N) is 2. The number of hydrogen-bond donors (Lipinski definition) is 1. The van der Waals surface area contributed by atoms with Crippen LogP contribution in [0.3, 0.4) is 0 Å². The zero-order chi connectivity index (χ0) is 17.8. The summed E-state index contributed by atoms with van der Waals surface area (Å²) in [7, 11) is 0. The molecule has 6 nitrogen and oxygen atoms in total. The van der Waals surface area contributed by atoms with Crippen LogP contribution in [0.1, 0.15) is 35.7 Å². The Bertz CT molecular complexity index is 742. The molecule has 0 spiro atoms. The molecule has 3 rings (SSSR count). The smallest absolute Gasteiger partial charge is 0.411 e. The van der Waals surface area contributed by atoms with Gasteiger partial charge in [-0.3, -0.25) is 9.88 Å². The molecule has 130 valence electrons. The van der Waals surface area contributed by atoms with E-state index >= 15 is 0 Å². The molecule has 1 fully saturated rings. The fourth-order valence-corrected chi connectivity index (χ4v) is 2.68. The molecule has 1 heterocycles. The van der Waals surface area contributed by atoms with Crippen LogP contribution >= 0.6 is 0 Å². The summed E-state index contributed by atoms with van der Waals surface area (Å²) in [6.45, 7) is 1.94. The highest BCUT2D eigenvalue weighted by Crippen LogP contribution is 2.35. The predicted octanol–water partition coefficient (Wildman–Crippen LogP) is 3.32. The number of ether oxygens (including phenoxy) is 1. The third kappa shape index (κ3) is 4.15. The van der Waals surface area contributed by atoms with Gasteiger partial charge in [-0.2, -0.15) is 0 Å². The van der Waals surface area contributed by atoms with E-state index in [9.17, 15) is 14.7 Å². The Balaban J connectivity index is 1.79. The van der Waals surface area contributed by atoms with E-state index in [2.05, 4.69) is 4.98 Å². The van der Waals surface area contributed by atoms with Crippen molar-refractivity contribution in [2.45, 2.75) is 38.5 Å². The van der Waals surface area contributed by atoms with Crippen LogP contribution < -0.4 is 0 Å². The van der Waals surface area contributed by atoms with Crippen molar-refractivity contribution in [2.24, 2.45) is 0 Å². The van der Waals surface area contributed by atoms with Crippen LogP contribution in [0.25, 0.3) is 0 Å². The van der Waals surface area contributed by atoms with Crippen molar-refractivity contribution < 1.29 is 19.4 Å². The molecule has 1 unspecified atom stereocenters. The number of benzene rings is 1. The largest absolute Gasteiger partial charge is 0.479 e. The van der Waals surface area contributed by atoms with Crippen molar-refractivity contribution in [1.29, 1.82) is 0 Å². The van der Waals surface area contributed by atoms with Crippen molar-refractivity contribution >= 4 is 12.1 Å². The van der Waals surface area contributed by atoms with Crippen LogP contribution in [0.4, 0.5) is 4.79 Å². The van der Waals surface area contributed by atoms with E-state index in [0.717, 1.165) is 24.1 Å². The molecule has 1 aromatic carbocycles. The SMILES string of the molecule is Cc1ccc(C(C(=O)O)N(C(=O)OCc2ccccc2)C2CC2)cn1. The maximum atomic E-state index is 12.6. The Labute approximate surface area is 146 Å². The first-order valence-electron chi connectivity index (χ1n) is 8.20. The number of carboxylic acids is 1. The summed E-state index contributed by atoms with van der Waals surface area (Å²) < 4.78 is 5.37.